The van der Waals surface area contributed by atoms with Gasteiger partial charge in [-0.1, -0.05) is 12.1 Å². The van der Waals surface area contributed by atoms with Crippen LogP contribution in [0.25, 0.3) is 11.2 Å². The van der Waals surface area contributed by atoms with Crippen molar-refractivity contribution in [2.75, 3.05) is 17.2 Å². The molecule has 9 heteroatoms. The van der Waals surface area contributed by atoms with Crippen molar-refractivity contribution < 1.29 is 13.6 Å². The van der Waals surface area contributed by atoms with Gasteiger partial charge in [0.05, 0.1) is 6.54 Å². The molecule has 0 unspecified atom stereocenters. The molecular formula is C16H16F2N6O. The van der Waals surface area contributed by atoms with E-state index in [4.69, 9.17) is 0 Å². The minimum absolute atomic E-state index is 0.0808. The lowest BCUT2D eigenvalue weighted by Crippen LogP contribution is -2.22. The van der Waals surface area contributed by atoms with Crippen molar-refractivity contribution in [2.24, 2.45) is 0 Å². The van der Waals surface area contributed by atoms with Gasteiger partial charge in [0.1, 0.15) is 11.8 Å². The molecule has 0 saturated carbocycles. The van der Waals surface area contributed by atoms with Crippen molar-refractivity contribution >= 4 is 28.6 Å². The van der Waals surface area contributed by atoms with Crippen molar-refractivity contribution in [3.63, 3.8) is 0 Å². The first-order valence-electron chi connectivity index (χ1n) is 7.54. The summed E-state index contributed by atoms with van der Waals surface area (Å²) in [4.78, 5) is 26.1. The number of aromatic amines is 1. The van der Waals surface area contributed by atoms with Gasteiger partial charge in [0.15, 0.2) is 17.3 Å². The number of benzene rings is 1. The Kier molecular flexibility index (Phi) is 4.55. The van der Waals surface area contributed by atoms with E-state index in [9.17, 15) is 13.6 Å². The molecule has 2 aromatic heterocycles. The zero-order chi connectivity index (χ0) is 18.0. The lowest BCUT2D eigenvalue weighted by molar-refractivity contribution is -0.114. The fraction of sp³-hybridized carbons (Fsp3) is 0.250. The first kappa shape index (κ1) is 16.7. The number of aryl methyl sites for hydroxylation is 1. The van der Waals surface area contributed by atoms with Crippen LogP contribution in [0.2, 0.25) is 0 Å². The molecule has 0 saturated heterocycles. The number of nitrogens with one attached hydrogen (secondary N) is 3. The van der Waals surface area contributed by atoms with Crippen LogP contribution in [-0.2, 0) is 4.79 Å². The number of carbonyl (C=O) groups is 1. The quantitative estimate of drug-likeness (QED) is 0.660. The maximum atomic E-state index is 12.7. The number of hydrogen-bond donors (Lipinski definition) is 3. The van der Waals surface area contributed by atoms with Gasteiger partial charge in [0.25, 0.3) is 6.43 Å². The molecule has 0 aliphatic heterocycles. The number of H-pyrrole nitrogens is 1. The normalized spacial score (nSPS) is 11.1. The van der Waals surface area contributed by atoms with E-state index in [2.05, 4.69) is 30.6 Å². The summed E-state index contributed by atoms with van der Waals surface area (Å²) < 4.78 is 25.5. The highest BCUT2D eigenvalue weighted by Crippen LogP contribution is 2.22. The number of rotatable bonds is 5. The summed E-state index contributed by atoms with van der Waals surface area (Å²) in [6, 6.07) is 5.63. The summed E-state index contributed by atoms with van der Waals surface area (Å²) in [6.45, 7) is 3.80. The van der Waals surface area contributed by atoms with Gasteiger partial charge in [-0.05, 0) is 31.0 Å². The molecule has 130 valence electrons. The van der Waals surface area contributed by atoms with Crippen molar-refractivity contribution in [2.45, 2.75) is 20.3 Å². The molecule has 1 amide bonds. The Hall–Kier alpha value is -3.10. The first-order chi connectivity index (χ1) is 12.0. The van der Waals surface area contributed by atoms with Crippen LogP contribution in [0, 0.1) is 13.8 Å². The molecule has 0 spiro atoms. The van der Waals surface area contributed by atoms with E-state index in [0.717, 1.165) is 16.8 Å². The van der Waals surface area contributed by atoms with E-state index < -0.39 is 12.2 Å². The van der Waals surface area contributed by atoms with E-state index >= 15 is 0 Å². The van der Waals surface area contributed by atoms with Crippen molar-refractivity contribution in [1.82, 2.24) is 19.9 Å². The molecule has 1 aromatic carbocycles. The molecular weight excluding hydrogens is 330 g/mol. The highest BCUT2D eigenvalue weighted by molar-refractivity contribution is 5.95. The summed E-state index contributed by atoms with van der Waals surface area (Å²) in [7, 11) is 0. The predicted octanol–water partition coefficient (Wildman–Crippen LogP) is 2.96. The number of fused-ring (bicyclic) bond motifs is 1. The number of hydrogen-bond acceptors (Lipinski definition) is 5. The second kappa shape index (κ2) is 6.80. The van der Waals surface area contributed by atoms with Gasteiger partial charge in [0.2, 0.25) is 5.91 Å². The molecule has 0 fully saturated rings. The summed E-state index contributed by atoms with van der Waals surface area (Å²) in [6.07, 6.45) is -1.54. The molecule has 0 atom stereocenters. The Morgan fingerprint density at radius 2 is 2.08 bits per heavy atom. The standard InChI is InChI=1S/C16H16F2N6O/c1-8-4-3-5-10(9(8)2)22-11(25)6-19-14-12-15(21-7-20-14)24-16(23-12)13(17)18/h3-5,7,13H,6H2,1-2H3,(H,22,25)(H2,19,20,21,23,24). The molecule has 7 nitrogen and oxygen atoms in total. The van der Waals surface area contributed by atoms with Gasteiger partial charge < -0.3 is 15.6 Å². The fourth-order valence-corrected chi connectivity index (χ4v) is 2.33. The average Bonchev–Trinajstić information content (AvgIpc) is 3.02. The Morgan fingerprint density at radius 1 is 1.28 bits per heavy atom. The van der Waals surface area contributed by atoms with Gasteiger partial charge in [-0.3, -0.25) is 4.79 Å². The number of imidazole rings is 1. The highest BCUT2D eigenvalue weighted by atomic mass is 19.3. The van der Waals surface area contributed by atoms with Crippen LogP contribution in [0.15, 0.2) is 24.5 Å². The Bertz CT molecular complexity index is 924. The van der Waals surface area contributed by atoms with Crippen LogP contribution >= 0.6 is 0 Å². The number of carbonyl (C=O) groups excluding carboxylic acids is 1. The van der Waals surface area contributed by atoms with Gasteiger partial charge in [0, 0.05) is 5.69 Å². The maximum Gasteiger partial charge on any atom is 0.295 e. The van der Waals surface area contributed by atoms with Crippen LogP contribution < -0.4 is 10.6 Å². The summed E-state index contributed by atoms with van der Waals surface area (Å²) in [5, 5.41) is 5.62. The van der Waals surface area contributed by atoms with Gasteiger partial charge >= 0.3 is 0 Å². The van der Waals surface area contributed by atoms with E-state index in [1.165, 1.54) is 6.33 Å². The van der Waals surface area contributed by atoms with E-state index in [-0.39, 0.29) is 29.4 Å². The largest absolute Gasteiger partial charge is 0.359 e. The zero-order valence-corrected chi connectivity index (χ0v) is 13.6. The lowest BCUT2D eigenvalue weighted by atomic mass is 10.1. The fourth-order valence-electron chi connectivity index (χ4n) is 2.33. The van der Waals surface area contributed by atoms with Crippen LogP contribution in [-0.4, -0.2) is 32.4 Å². The average molecular weight is 346 g/mol. The SMILES string of the molecule is Cc1cccc(NC(=O)CNc2ncnc3nc(C(F)F)[nH]c23)c1C. The smallest absolute Gasteiger partial charge is 0.295 e. The minimum atomic E-state index is -2.74. The Labute approximate surface area is 141 Å². The van der Waals surface area contributed by atoms with Crippen LogP contribution in [0.4, 0.5) is 20.3 Å². The summed E-state index contributed by atoms with van der Waals surface area (Å²) in [5.41, 5.74) is 3.12. The predicted molar refractivity (Wildman–Crippen MR) is 89.7 cm³/mol. The van der Waals surface area contributed by atoms with Crippen molar-refractivity contribution in [3.05, 3.63) is 41.5 Å². The van der Waals surface area contributed by atoms with Crippen LogP contribution in [0.1, 0.15) is 23.4 Å². The molecule has 0 aliphatic carbocycles. The molecule has 3 aromatic rings. The van der Waals surface area contributed by atoms with E-state index in [1.54, 1.807) is 0 Å². The summed E-state index contributed by atoms with van der Waals surface area (Å²) in [5.74, 6) is -0.534. The maximum absolute atomic E-state index is 12.7. The minimum Gasteiger partial charge on any atom is -0.359 e. The molecule has 3 N–H and O–H groups in total. The summed E-state index contributed by atoms with van der Waals surface area (Å²) >= 11 is 0. The molecule has 2 heterocycles. The topological polar surface area (TPSA) is 95.6 Å². The van der Waals surface area contributed by atoms with Crippen molar-refractivity contribution in [3.8, 4) is 0 Å². The number of amides is 1. The lowest BCUT2D eigenvalue weighted by Gasteiger charge is -2.11. The molecule has 0 aliphatic rings. The first-order valence-corrected chi connectivity index (χ1v) is 7.54. The third-order valence-corrected chi connectivity index (χ3v) is 3.81. The second-order valence-electron chi connectivity index (χ2n) is 5.49. The van der Waals surface area contributed by atoms with Crippen molar-refractivity contribution in [1.29, 1.82) is 0 Å². The molecule has 3 rings (SSSR count). The van der Waals surface area contributed by atoms with E-state index in [1.807, 2.05) is 32.0 Å². The Morgan fingerprint density at radius 3 is 2.84 bits per heavy atom. The molecule has 0 radical (unpaired) electrons. The number of halogens is 2. The van der Waals surface area contributed by atoms with Gasteiger partial charge in [-0.15, -0.1) is 0 Å². The van der Waals surface area contributed by atoms with E-state index in [0.29, 0.717) is 0 Å². The van der Waals surface area contributed by atoms with Gasteiger partial charge in [-0.2, -0.15) is 0 Å². The second-order valence-corrected chi connectivity index (χ2v) is 5.49. The van der Waals surface area contributed by atoms with Crippen LogP contribution in [0.3, 0.4) is 0 Å². The monoisotopic (exact) mass is 346 g/mol. The number of nitrogens with zero attached hydrogens (tertiary/aromatic N) is 3. The number of anilines is 2. The zero-order valence-electron chi connectivity index (χ0n) is 13.6. The van der Waals surface area contributed by atoms with Crippen LogP contribution in [0.5, 0.6) is 0 Å². The third kappa shape index (κ3) is 3.54. The van der Waals surface area contributed by atoms with Gasteiger partial charge in [-0.25, -0.2) is 23.7 Å². The number of alkyl halides is 2. The molecule has 0 bridgehead atoms. The Balaban J connectivity index is 1.72. The highest BCUT2D eigenvalue weighted by Gasteiger charge is 2.16. The third-order valence-electron chi connectivity index (χ3n) is 3.81. The number of aromatic nitrogens is 4. The molecule has 25 heavy (non-hydrogen) atoms.